The molecule has 0 unspecified atom stereocenters. The van der Waals surface area contributed by atoms with E-state index in [1.165, 1.54) is 5.57 Å². The van der Waals surface area contributed by atoms with Crippen LogP contribution >= 0.6 is 27.7 Å². The van der Waals surface area contributed by atoms with Crippen LogP contribution in [0.1, 0.15) is 12.8 Å². The van der Waals surface area contributed by atoms with E-state index in [2.05, 4.69) is 51.8 Å². The van der Waals surface area contributed by atoms with Crippen LogP contribution in [0.15, 0.2) is 71.1 Å². The van der Waals surface area contributed by atoms with Gasteiger partial charge in [0.25, 0.3) is 0 Å². The Balaban J connectivity index is 0.00000163. The minimum Gasteiger partial charge on any atom is -0.367 e. The molecule has 142 valence electrons. The highest BCUT2D eigenvalue weighted by molar-refractivity contribution is 9.08. The van der Waals surface area contributed by atoms with E-state index in [4.69, 9.17) is 4.74 Å². The van der Waals surface area contributed by atoms with Gasteiger partial charge in [0.05, 0.1) is 17.7 Å². The van der Waals surface area contributed by atoms with E-state index >= 15 is 0 Å². The number of halogens is 1. The second-order valence-electron chi connectivity index (χ2n) is 5.71. The lowest BCUT2D eigenvalue weighted by Crippen LogP contribution is -2.37. The number of hydrogen-bond donors (Lipinski definition) is 0. The van der Waals surface area contributed by atoms with Crippen molar-refractivity contribution in [3.8, 4) is 0 Å². The fourth-order valence-corrected chi connectivity index (χ4v) is 3.58. The maximum atomic E-state index is 6.04. The van der Waals surface area contributed by atoms with Crippen molar-refractivity contribution in [3.63, 3.8) is 0 Å². The summed E-state index contributed by atoms with van der Waals surface area (Å²) in [6.45, 7) is 14.3. The van der Waals surface area contributed by atoms with Crippen molar-refractivity contribution < 1.29 is 4.74 Å². The van der Waals surface area contributed by atoms with Gasteiger partial charge in [-0.05, 0) is 43.1 Å². The minimum atomic E-state index is 0.341. The molecule has 26 heavy (non-hydrogen) atoms. The third-order valence-corrected chi connectivity index (χ3v) is 5.00. The summed E-state index contributed by atoms with van der Waals surface area (Å²) in [6, 6.07) is 8.03. The zero-order chi connectivity index (χ0) is 19.2. The molecule has 1 aliphatic rings. The smallest absolute Gasteiger partial charge is 0.0971 e. The van der Waals surface area contributed by atoms with Crippen LogP contribution in [0.3, 0.4) is 0 Å². The Morgan fingerprint density at radius 1 is 1.31 bits per heavy atom. The minimum absolute atomic E-state index is 0.341. The van der Waals surface area contributed by atoms with Gasteiger partial charge in [-0.1, -0.05) is 71.2 Å². The molecule has 5 heteroatoms. The van der Waals surface area contributed by atoms with Crippen LogP contribution in [0, 0.1) is 0 Å². The highest BCUT2D eigenvalue weighted by Gasteiger charge is 2.19. The van der Waals surface area contributed by atoms with Crippen molar-refractivity contribution in [1.82, 2.24) is 4.90 Å². The molecule has 1 aliphatic heterocycles. The molecule has 0 radical (unpaired) electrons. The number of piperidine rings is 1. The molecule has 0 atom stereocenters. The Kier molecular flexibility index (Phi) is 12.3. The van der Waals surface area contributed by atoms with Crippen LogP contribution in [-0.4, -0.2) is 49.1 Å². The Hall–Kier alpha value is -1.14. The summed E-state index contributed by atoms with van der Waals surface area (Å²) >= 11 is 4.62. The molecule has 1 fully saturated rings. The maximum Gasteiger partial charge on any atom is 0.0971 e. The van der Waals surface area contributed by atoms with Gasteiger partial charge >= 0.3 is 0 Å². The maximum absolute atomic E-state index is 6.04. The summed E-state index contributed by atoms with van der Waals surface area (Å²) in [4.78, 5) is 7.61. The zero-order valence-electron chi connectivity index (χ0n) is 15.6. The molecule has 0 N–H and O–H groups in total. The van der Waals surface area contributed by atoms with Crippen molar-refractivity contribution in [2.24, 2.45) is 4.99 Å². The van der Waals surface area contributed by atoms with Gasteiger partial charge in [-0.3, -0.25) is 9.89 Å². The Bertz CT molecular complexity index is 595. The number of likely N-dealkylation sites (tertiary alicyclic amines) is 1. The third kappa shape index (κ3) is 8.04. The van der Waals surface area contributed by atoms with Gasteiger partial charge in [-0.15, -0.1) is 0 Å². The summed E-state index contributed by atoms with van der Waals surface area (Å²) in [5, 5.41) is 0. The van der Waals surface area contributed by atoms with Crippen molar-refractivity contribution in [2.45, 2.75) is 23.8 Å². The molecule has 1 aromatic rings. The molecule has 1 aromatic carbocycles. The zero-order valence-corrected chi connectivity index (χ0v) is 18.0. The molecule has 1 heterocycles. The predicted molar refractivity (Wildman–Crippen MR) is 120 cm³/mol. The first-order valence-electron chi connectivity index (χ1n) is 8.61. The average Bonchev–Trinajstić information content (AvgIpc) is 2.70. The van der Waals surface area contributed by atoms with Crippen LogP contribution < -0.4 is 0 Å². The molecule has 0 aromatic heterocycles. The summed E-state index contributed by atoms with van der Waals surface area (Å²) in [5.41, 5.74) is 2.14. The summed E-state index contributed by atoms with van der Waals surface area (Å²) in [6.07, 6.45) is 8.23. The first-order chi connectivity index (χ1) is 12.8. The second-order valence-corrected chi connectivity index (χ2v) is 6.68. The van der Waals surface area contributed by atoms with Crippen molar-refractivity contribution in [3.05, 3.63) is 61.2 Å². The fourth-order valence-electron chi connectivity index (χ4n) is 2.73. The number of para-hydroxylation sites is 1. The van der Waals surface area contributed by atoms with Crippen LogP contribution in [0.5, 0.6) is 0 Å². The van der Waals surface area contributed by atoms with Gasteiger partial charge in [-0.2, -0.15) is 0 Å². The van der Waals surface area contributed by atoms with Crippen LogP contribution in [0.4, 0.5) is 5.69 Å². The molecular weight excluding hydrogens is 408 g/mol. The normalized spacial score (nSPS) is 15.7. The average molecular weight is 437 g/mol. The predicted octanol–water partition coefficient (Wildman–Crippen LogP) is 5.86. The lowest BCUT2D eigenvalue weighted by molar-refractivity contribution is 0.0354. The lowest BCUT2D eigenvalue weighted by atomic mass is 10.1. The first-order valence-corrected chi connectivity index (χ1v) is 11.2. The number of hydrogen-bond acceptors (Lipinski definition) is 4. The third-order valence-electron chi connectivity index (χ3n) is 4.09. The van der Waals surface area contributed by atoms with E-state index in [0.717, 1.165) is 43.1 Å². The van der Waals surface area contributed by atoms with Crippen LogP contribution in [0.25, 0.3) is 0 Å². The number of benzene rings is 1. The van der Waals surface area contributed by atoms with Crippen molar-refractivity contribution >= 4 is 40.1 Å². The first kappa shape index (κ1) is 22.9. The van der Waals surface area contributed by atoms with Gasteiger partial charge in [0.1, 0.15) is 0 Å². The number of nitrogens with zero attached hydrogens (tertiary/aromatic N) is 2. The molecule has 0 bridgehead atoms. The standard InChI is InChI=1S/C20H26N2OS.CH3Br/c1-4-8-17(5-2)15-22-13-11-18(12-14-22)23-16-24-20-10-7-6-9-19(20)21-3;1-2/h4-10,18H,1-3,11-16H2;1H3/b17-8+;. The van der Waals surface area contributed by atoms with E-state index in [1.54, 1.807) is 11.8 Å². The number of rotatable bonds is 9. The fraction of sp³-hybridized carbons (Fsp3) is 0.381. The number of allylic oxidation sites excluding steroid dienone is 2. The van der Waals surface area contributed by atoms with E-state index in [0.29, 0.717) is 12.0 Å². The van der Waals surface area contributed by atoms with E-state index in [1.807, 2.05) is 42.3 Å². The Morgan fingerprint density at radius 3 is 2.62 bits per heavy atom. The number of aliphatic imine (C=N–C) groups is 1. The SMILES string of the molecule is C=C/C=C(\C=C)CN1CCC(OCSc2ccccc2N=C)CC1.CBr. The summed E-state index contributed by atoms with van der Waals surface area (Å²) < 4.78 is 6.04. The lowest BCUT2D eigenvalue weighted by Gasteiger charge is -2.32. The van der Waals surface area contributed by atoms with Crippen molar-refractivity contribution in [2.75, 3.05) is 31.4 Å². The molecular formula is C21H29BrN2OS. The highest BCUT2D eigenvalue weighted by Crippen LogP contribution is 2.29. The van der Waals surface area contributed by atoms with Gasteiger partial charge < -0.3 is 4.74 Å². The summed E-state index contributed by atoms with van der Waals surface area (Å²) in [5.74, 6) is 2.47. The van der Waals surface area contributed by atoms with Crippen molar-refractivity contribution in [1.29, 1.82) is 0 Å². The topological polar surface area (TPSA) is 24.8 Å². The quantitative estimate of drug-likeness (QED) is 0.159. The number of thioether (sulfide) groups is 1. The molecule has 1 saturated heterocycles. The van der Waals surface area contributed by atoms with Crippen LogP contribution in [0.2, 0.25) is 0 Å². The van der Waals surface area contributed by atoms with Gasteiger partial charge in [0, 0.05) is 24.5 Å². The van der Waals surface area contributed by atoms with Gasteiger partial charge in [0.2, 0.25) is 0 Å². The molecule has 3 nitrogen and oxygen atoms in total. The van der Waals surface area contributed by atoms with E-state index in [9.17, 15) is 0 Å². The Labute approximate surface area is 171 Å². The largest absolute Gasteiger partial charge is 0.367 e. The Morgan fingerprint density at radius 2 is 2.00 bits per heavy atom. The molecule has 2 rings (SSSR count). The van der Waals surface area contributed by atoms with Gasteiger partial charge in [-0.25, -0.2) is 0 Å². The van der Waals surface area contributed by atoms with Gasteiger partial charge in [0.15, 0.2) is 0 Å². The molecule has 0 saturated carbocycles. The monoisotopic (exact) mass is 436 g/mol. The molecule has 0 spiro atoms. The second kappa shape index (κ2) is 14.0. The number of ether oxygens (including phenoxy) is 1. The summed E-state index contributed by atoms with van der Waals surface area (Å²) in [7, 11) is 0. The van der Waals surface area contributed by atoms with E-state index in [-0.39, 0.29) is 0 Å². The highest BCUT2D eigenvalue weighted by atomic mass is 79.9. The molecule has 0 amide bonds. The van der Waals surface area contributed by atoms with Crippen LogP contribution in [-0.2, 0) is 4.74 Å². The number of alkyl halides is 1. The van der Waals surface area contributed by atoms with E-state index < -0.39 is 0 Å². The molecule has 0 aliphatic carbocycles.